The molecule has 3 aromatic carbocycles. The summed E-state index contributed by atoms with van der Waals surface area (Å²) in [6, 6.07) is 20.7. The molecule has 6 heteroatoms. The van der Waals surface area contributed by atoms with Gasteiger partial charge in [0.25, 0.3) is 0 Å². The Morgan fingerprint density at radius 1 is 0.919 bits per heavy atom. The largest absolute Gasteiger partial charge is 0.507 e. The number of rotatable bonds is 14. The molecule has 3 aromatic rings. The van der Waals surface area contributed by atoms with E-state index < -0.39 is 5.97 Å². The number of ether oxygens (including phenoxy) is 2. The minimum atomic E-state index is -0.418. The van der Waals surface area contributed by atoms with Gasteiger partial charge in [0.05, 0.1) is 11.1 Å². The molecule has 0 amide bonds. The van der Waals surface area contributed by atoms with E-state index in [1.165, 1.54) is 31.4 Å². The van der Waals surface area contributed by atoms with Crippen LogP contribution >= 0.6 is 0 Å². The predicted octanol–water partition coefficient (Wildman–Crippen LogP) is 6.51. The lowest BCUT2D eigenvalue weighted by Gasteiger charge is -2.25. The van der Waals surface area contributed by atoms with E-state index in [2.05, 4.69) is 25.8 Å². The molecule has 0 radical (unpaired) electrons. The van der Waals surface area contributed by atoms with Crippen molar-refractivity contribution in [1.82, 2.24) is 0 Å². The maximum absolute atomic E-state index is 12.5. The van der Waals surface area contributed by atoms with E-state index in [1.807, 2.05) is 18.2 Å². The zero-order valence-corrected chi connectivity index (χ0v) is 22.0. The summed E-state index contributed by atoms with van der Waals surface area (Å²) in [4.78, 5) is 27.2. The fourth-order valence-electron chi connectivity index (χ4n) is 4.18. The van der Waals surface area contributed by atoms with E-state index in [4.69, 9.17) is 9.47 Å². The number of phenolic OH excluding ortho intramolecular Hbond substituents is 1. The first kappa shape index (κ1) is 27.8. The second-order valence-electron chi connectivity index (χ2n) is 9.20. The normalized spacial score (nSPS) is 11.5. The number of aromatic hydroxyl groups is 1. The third kappa shape index (κ3) is 8.10. The van der Waals surface area contributed by atoms with Crippen molar-refractivity contribution < 1.29 is 24.2 Å². The second kappa shape index (κ2) is 14.1. The van der Waals surface area contributed by atoms with Gasteiger partial charge in [-0.1, -0.05) is 63.4 Å². The van der Waals surface area contributed by atoms with Crippen LogP contribution in [-0.2, 0) is 4.74 Å². The van der Waals surface area contributed by atoms with Gasteiger partial charge in [0.1, 0.15) is 24.7 Å². The van der Waals surface area contributed by atoms with Crippen molar-refractivity contribution in [2.45, 2.75) is 39.5 Å². The maximum Gasteiger partial charge on any atom is 0.338 e. The van der Waals surface area contributed by atoms with Gasteiger partial charge in [-0.2, -0.15) is 0 Å². The highest BCUT2D eigenvalue weighted by Gasteiger charge is 2.15. The Hall–Kier alpha value is -3.80. The number of esters is 1. The number of unbranched alkanes of at least 4 members (excludes halogenated alkanes) is 1. The molecule has 1 N–H and O–H groups in total. The molecule has 0 saturated carbocycles. The molecule has 0 fully saturated rings. The molecule has 0 aromatic heterocycles. The number of ketones is 1. The molecule has 0 spiro atoms. The number of phenols is 1. The lowest BCUT2D eigenvalue weighted by molar-refractivity contribution is 0.0450. The number of carbonyl (C=O) groups is 2. The molecule has 0 aliphatic heterocycles. The molecule has 0 bridgehead atoms. The van der Waals surface area contributed by atoms with E-state index in [-0.39, 0.29) is 30.3 Å². The summed E-state index contributed by atoms with van der Waals surface area (Å²) < 4.78 is 10.9. The summed E-state index contributed by atoms with van der Waals surface area (Å²) in [5, 5.41) is 10.3. The van der Waals surface area contributed by atoms with Gasteiger partial charge in [-0.15, -0.1) is 0 Å². The molecule has 37 heavy (non-hydrogen) atoms. The van der Waals surface area contributed by atoms with Gasteiger partial charge in [0, 0.05) is 30.9 Å². The molecule has 1 atom stereocenters. The summed E-state index contributed by atoms with van der Waals surface area (Å²) in [7, 11) is 2.08. The number of nitrogens with zero attached hydrogens (tertiary/aromatic N) is 1. The maximum atomic E-state index is 12.5. The molecule has 3 rings (SSSR count). The lowest BCUT2D eigenvalue weighted by Crippen LogP contribution is -2.25. The summed E-state index contributed by atoms with van der Waals surface area (Å²) >= 11 is 0. The fourth-order valence-corrected chi connectivity index (χ4v) is 4.18. The number of hydrogen-bond donors (Lipinski definition) is 1. The van der Waals surface area contributed by atoms with E-state index in [0.29, 0.717) is 22.8 Å². The number of hydrogen-bond acceptors (Lipinski definition) is 6. The molecule has 1 unspecified atom stereocenters. The van der Waals surface area contributed by atoms with Crippen LogP contribution in [-0.4, -0.2) is 43.7 Å². The van der Waals surface area contributed by atoms with Crippen LogP contribution in [0.25, 0.3) is 0 Å². The van der Waals surface area contributed by atoms with Crippen molar-refractivity contribution in [2.24, 2.45) is 5.92 Å². The van der Waals surface area contributed by atoms with Crippen LogP contribution in [0, 0.1) is 5.92 Å². The first-order valence-corrected chi connectivity index (χ1v) is 13.0. The van der Waals surface area contributed by atoms with Crippen molar-refractivity contribution >= 4 is 17.4 Å². The van der Waals surface area contributed by atoms with E-state index in [1.54, 1.807) is 42.5 Å². The Bertz CT molecular complexity index is 1140. The van der Waals surface area contributed by atoms with Gasteiger partial charge in [0.2, 0.25) is 0 Å². The summed E-state index contributed by atoms with van der Waals surface area (Å²) in [6.45, 7) is 5.63. The van der Waals surface area contributed by atoms with Crippen molar-refractivity contribution in [3.63, 3.8) is 0 Å². The highest BCUT2D eigenvalue weighted by atomic mass is 16.6. The zero-order chi connectivity index (χ0) is 26.6. The van der Waals surface area contributed by atoms with Crippen molar-refractivity contribution in [1.29, 1.82) is 0 Å². The van der Waals surface area contributed by atoms with Gasteiger partial charge in [0.15, 0.2) is 5.78 Å². The van der Waals surface area contributed by atoms with Crippen LogP contribution in [0.15, 0.2) is 72.8 Å². The third-order valence-corrected chi connectivity index (χ3v) is 6.45. The molecule has 0 heterocycles. The summed E-state index contributed by atoms with van der Waals surface area (Å²) in [5.74, 6) is 0.201. The Kier molecular flexibility index (Phi) is 10.6. The van der Waals surface area contributed by atoms with E-state index >= 15 is 0 Å². The predicted molar refractivity (Wildman–Crippen MR) is 147 cm³/mol. The van der Waals surface area contributed by atoms with E-state index in [9.17, 15) is 14.7 Å². The van der Waals surface area contributed by atoms with Crippen LogP contribution in [0.4, 0.5) is 5.69 Å². The van der Waals surface area contributed by atoms with Crippen molar-refractivity contribution in [2.75, 3.05) is 31.7 Å². The van der Waals surface area contributed by atoms with Crippen LogP contribution in [0.1, 0.15) is 65.8 Å². The van der Waals surface area contributed by atoms with Crippen LogP contribution in [0.2, 0.25) is 0 Å². The van der Waals surface area contributed by atoms with Gasteiger partial charge in [-0.3, -0.25) is 4.79 Å². The SMILES string of the molecule is CCCCC(CC)CN(C)c1ccc(C(=O)OCCOc2ccc(C(=O)c3ccccc3)c(O)c2)cc1. The fraction of sp³-hybridized carbons (Fsp3) is 0.355. The highest BCUT2D eigenvalue weighted by molar-refractivity contribution is 6.10. The Morgan fingerprint density at radius 2 is 1.65 bits per heavy atom. The lowest BCUT2D eigenvalue weighted by atomic mass is 9.98. The quantitative estimate of drug-likeness (QED) is 0.153. The summed E-state index contributed by atoms with van der Waals surface area (Å²) in [6.07, 6.45) is 4.86. The van der Waals surface area contributed by atoms with Crippen molar-refractivity contribution in [3.05, 3.63) is 89.5 Å². The van der Waals surface area contributed by atoms with Crippen LogP contribution in [0.3, 0.4) is 0 Å². The first-order chi connectivity index (χ1) is 17.9. The Balaban J connectivity index is 1.45. The second-order valence-corrected chi connectivity index (χ2v) is 9.20. The average Bonchev–Trinajstić information content (AvgIpc) is 2.93. The molecule has 6 nitrogen and oxygen atoms in total. The molecular weight excluding hydrogens is 466 g/mol. The monoisotopic (exact) mass is 503 g/mol. The molecular formula is C31H37NO5. The highest BCUT2D eigenvalue weighted by Crippen LogP contribution is 2.26. The molecule has 0 aliphatic carbocycles. The molecule has 0 saturated heterocycles. The van der Waals surface area contributed by atoms with Gasteiger partial charge in [-0.05, 0) is 48.7 Å². The Labute approximate surface area is 219 Å². The number of benzene rings is 3. The number of anilines is 1. The van der Waals surface area contributed by atoms with Gasteiger partial charge in [-0.25, -0.2) is 4.79 Å². The van der Waals surface area contributed by atoms with Crippen LogP contribution in [0.5, 0.6) is 11.5 Å². The minimum Gasteiger partial charge on any atom is -0.507 e. The van der Waals surface area contributed by atoms with Gasteiger partial charge >= 0.3 is 5.97 Å². The smallest absolute Gasteiger partial charge is 0.338 e. The average molecular weight is 504 g/mol. The third-order valence-electron chi connectivity index (χ3n) is 6.45. The minimum absolute atomic E-state index is 0.0571. The zero-order valence-electron chi connectivity index (χ0n) is 22.0. The topological polar surface area (TPSA) is 76.1 Å². The summed E-state index contributed by atoms with van der Waals surface area (Å²) in [5.41, 5.74) is 2.25. The van der Waals surface area contributed by atoms with E-state index in [0.717, 1.165) is 18.7 Å². The van der Waals surface area contributed by atoms with Crippen molar-refractivity contribution in [3.8, 4) is 11.5 Å². The standard InChI is InChI=1S/C31H37NO5/c1-4-6-10-23(5-2)22-32(3)26-15-13-25(14-16-26)31(35)37-20-19-36-27-17-18-28(29(33)21-27)30(34)24-11-8-7-9-12-24/h7-9,11-18,21,23,33H,4-6,10,19-20,22H2,1-3H3. The Morgan fingerprint density at radius 3 is 2.30 bits per heavy atom. The first-order valence-electron chi connectivity index (χ1n) is 13.0. The number of carbonyl (C=O) groups excluding carboxylic acids is 2. The van der Waals surface area contributed by atoms with Crippen LogP contribution < -0.4 is 9.64 Å². The molecule has 196 valence electrons. The molecule has 0 aliphatic rings. The van der Waals surface area contributed by atoms with Gasteiger partial charge < -0.3 is 19.5 Å².